The smallest absolute Gasteiger partial charge is 0.293 e. The highest BCUT2D eigenvalue weighted by atomic mass is 16.6. The summed E-state index contributed by atoms with van der Waals surface area (Å²) in [5.74, 6) is 0. The van der Waals surface area contributed by atoms with E-state index >= 15 is 0 Å². The molecular formula is C22H28N4O3. The Balaban J connectivity index is 1.57. The molecule has 2 aromatic carbocycles. The maximum atomic E-state index is 11.8. The van der Waals surface area contributed by atoms with Crippen molar-refractivity contribution in [3.05, 3.63) is 58.1 Å². The Kier molecular flexibility index (Phi) is 6.08. The van der Waals surface area contributed by atoms with Crippen LogP contribution in [0.3, 0.4) is 0 Å². The van der Waals surface area contributed by atoms with Gasteiger partial charge in [-0.05, 0) is 35.9 Å². The number of nitro benzene ring substituents is 1. The third-order valence-corrected chi connectivity index (χ3v) is 5.79. The number of anilines is 1. The summed E-state index contributed by atoms with van der Waals surface area (Å²) in [4.78, 5) is 18.3. The molecule has 0 unspecified atom stereocenters. The Labute approximate surface area is 171 Å². The van der Waals surface area contributed by atoms with Crippen LogP contribution in [0.15, 0.2) is 42.5 Å². The highest BCUT2D eigenvalue weighted by molar-refractivity contribution is 5.74. The first-order chi connectivity index (χ1) is 14.1. The van der Waals surface area contributed by atoms with Crippen LogP contribution in [-0.4, -0.2) is 74.3 Å². The van der Waals surface area contributed by atoms with E-state index in [0.717, 1.165) is 75.8 Å². The first kappa shape index (κ1) is 19.8. The summed E-state index contributed by atoms with van der Waals surface area (Å²) in [6, 6.07) is 14.0. The molecule has 154 valence electrons. The van der Waals surface area contributed by atoms with E-state index in [1.54, 1.807) is 6.07 Å². The lowest BCUT2D eigenvalue weighted by atomic mass is 10.0. The molecule has 2 fully saturated rings. The van der Waals surface area contributed by atoms with Crippen LogP contribution in [0.2, 0.25) is 0 Å². The van der Waals surface area contributed by atoms with Gasteiger partial charge in [0.1, 0.15) is 5.69 Å². The van der Waals surface area contributed by atoms with E-state index in [-0.39, 0.29) is 10.6 Å². The van der Waals surface area contributed by atoms with Gasteiger partial charge >= 0.3 is 0 Å². The SMILES string of the molecule is CN1CCN(c2ccc(-c3cccc(CN4CCOCC4)c3)cc2[N+](=O)[O-])CC1. The van der Waals surface area contributed by atoms with Crippen molar-refractivity contribution < 1.29 is 9.66 Å². The molecule has 7 heteroatoms. The van der Waals surface area contributed by atoms with Gasteiger partial charge in [0.2, 0.25) is 0 Å². The highest BCUT2D eigenvalue weighted by Crippen LogP contribution is 2.34. The standard InChI is InChI=1S/C22H28N4O3/c1-23-7-9-25(10-8-23)21-6-5-20(16-22(21)26(27)28)19-4-2-3-18(15-19)17-24-11-13-29-14-12-24/h2-6,15-16H,7-14,17H2,1H3. The average Bonchev–Trinajstić information content (AvgIpc) is 2.75. The second kappa shape index (κ2) is 8.90. The molecule has 2 saturated heterocycles. The molecular weight excluding hydrogens is 368 g/mol. The van der Waals surface area contributed by atoms with Crippen molar-refractivity contribution in [3.8, 4) is 11.1 Å². The van der Waals surface area contributed by atoms with E-state index < -0.39 is 0 Å². The third-order valence-electron chi connectivity index (χ3n) is 5.79. The van der Waals surface area contributed by atoms with Gasteiger partial charge in [-0.15, -0.1) is 0 Å². The Hall–Kier alpha value is -2.48. The lowest BCUT2D eigenvalue weighted by molar-refractivity contribution is -0.384. The van der Waals surface area contributed by atoms with Crippen LogP contribution in [0.25, 0.3) is 11.1 Å². The Bertz CT molecular complexity index is 859. The number of piperazine rings is 1. The van der Waals surface area contributed by atoms with E-state index in [2.05, 4.69) is 33.9 Å². The maximum Gasteiger partial charge on any atom is 0.293 e. The summed E-state index contributed by atoms with van der Waals surface area (Å²) in [6.45, 7) is 7.77. The van der Waals surface area contributed by atoms with Crippen LogP contribution in [0.4, 0.5) is 11.4 Å². The number of benzene rings is 2. The van der Waals surface area contributed by atoms with Crippen LogP contribution in [-0.2, 0) is 11.3 Å². The van der Waals surface area contributed by atoms with Crippen LogP contribution < -0.4 is 4.90 Å². The van der Waals surface area contributed by atoms with Crippen molar-refractivity contribution in [1.29, 1.82) is 0 Å². The number of ether oxygens (including phenoxy) is 1. The van der Waals surface area contributed by atoms with Gasteiger partial charge in [0.25, 0.3) is 5.69 Å². The van der Waals surface area contributed by atoms with E-state index in [0.29, 0.717) is 0 Å². The van der Waals surface area contributed by atoms with Crippen molar-refractivity contribution in [1.82, 2.24) is 9.80 Å². The first-order valence-electron chi connectivity index (χ1n) is 10.2. The molecule has 0 radical (unpaired) electrons. The summed E-state index contributed by atoms with van der Waals surface area (Å²) in [5, 5.41) is 11.8. The zero-order valence-electron chi connectivity index (χ0n) is 16.9. The van der Waals surface area contributed by atoms with Crippen molar-refractivity contribution in [2.75, 3.05) is 64.4 Å². The highest BCUT2D eigenvalue weighted by Gasteiger charge is 2.23. The van der Waals surface area contributed by atoms with Crippen molar-refractivity contribution in [2.45, 2.75) is 6.54 Å². The first-order valence-corrected chi connectivity index (χ1v) is 10.2. The minimum absolute atomic E-state index is 0.186. The molecule has 0 bridgehead atoms. The second-order valence-electron chi connectivity index (χ2n) is 7.84. The van der Waals surface area contributed by atoms with E-state index in [1.165, 1.54) is 5.56 Å². The number of nitro groups is 1. The normalized spacial score (nSPS) is 18.7. The number of morpholine rings is 1. The molecule has 4 rings (SSSR count). The summed E-state index contributed by atoms with van der Waals surface area (Å²) in [6.07, 6.45) is 0. The Morgan fingerprint density at radius 1 is 0.966 bits per heavy atom. The summed E-state index contributed by atoms with van der Waals surface area (Å²) >= 11 is 0. The van der Waals surface area contributed by atoms with Crippen LogP contribution in [0.5, 0.6) is 0 Å². The second-order valence-corrected chi connectivity index (χ2v) is 7.84. The molecule has 2 heterocycles. The fourth-order valence-corrected chi connectivity index (χ4v) is 4.03. The molecule has 29 heavy (non-hydrogen) atoms. The maximum absolute atomic E-state index is 11.8. The van der Waals surface area contributed by atoms with Gasteiger partial charge in [-0.2, -0.15) is 0 Å². The fraction of sp³-hybridized carbons (Fsp3) is 0.455. The Morgan fingerprint density at radius 2 is 1.69 bits per heavy atom. The van der Waals surface area contributed by atoms with Crippen molar-refractivity contribution in [2.24, 2.45) is 0 Å². The minimum atomic E-state index is -0.255. The largest absolute Gasteiger partial charge is 0.379 e. The molecule has 0 atom stereocenters. The van der Waals surface area contributed by atoms with Gasteiger partial charge in [-0.25, -0.2) is 0 Å². The molecule has 2 aliphatic heterocycles. The quantitative estimate of drug-likeness (QED) is 0.572. The average molecular weight is 396 g/mol. The molecule has 0 aromatic heterocycles. The molecule has 0 N–H and O–H groups in total. The molecule has 7 nitrogen and oxygen atoms in total. The number of nitrogens with zero attached hydrogens (tertiary/aromatic N) is 4. The molecule has 2 aromatic rings. The van der Waals surface area contributed by atoms with Crippen molar-refractivity contribution in [3.63, 3.8) is 0 Å². The van der Waals surface area contributed by atoms with Gasteiger partial charge in [0.05, 0.1) is 18.1 Å². The molecule has 0 spiro atoms. The Morgan fingerprint density at radius 3 is 2.41 bits per heavy atom. The number of hydrogen-bond donors (Lipinski definition) is 0. The van der Waals surface area contributed by atoms with E-state index in [4.69, 9.17) is 4.74 Å². The van der Waals surface area contributed by atoms with E-state index in [1.807, 2.05) is 24.3 Å². The summed E-state index contributed by atoms with van der Waals surface area (Å²) < 4.78 is 5.42. The molecule has 0 amide bonds. The third kappa shape index (κ3) is 4.75. The minimum Gasteiger partial charge on any atom is -0.379 e. The molecule has 0 aliphatic carbocycles. The van der Waals surface area contributed by atoms with Crippen LogP contribution in [0.1, 0.15) is 5.56 Å². The van der Waals surface area contributed by atoms with Gasteiger partial charge in [0, 0.05) is 51.9 Å². The number of rotatable bonds is 5. The topological polar surface area (TPSA) is 62.1 Å². The zero-order valence-corrected chi connectivity index (χ0v) is 16.9. The van der Waals surface area contributed by atoms with Gasteiger partial charge in [-0.3, -0.25) is 15.0 Å². The summed E-state index contributed by atoms with van der Waals surface area (Å²) in [5.41, 5.74) is 4.03. The lowest BCUT2D eigenvalue weighted by Crippen LogP contribution is -2.44. The van der Waals surface area contributed by atoms with Crippen LogP contribution >= 0.6 is 0 Å². The zero-order chi connectivity index (χ0) is 20.2. The fourth-order valence-electron chi connectivity index (χ4n) is 4.03. The lowest BCUT2D eigenvalue weighted by Gasteiger charge is -2.33. The van der Waals surface area contributed by atoms with E-state index in [9.17, 15) is 10.1 Å². The van der Waals surface area contributed by atoms with Crippen LogP contribution in [0, 0.1) is 10.1 Å². The summed E-state index contributed by atoms with van der Waals surface area (Å²) in [7, 11) is 2.08. The predicted molar refractivity (Wildman–Crippen MR) is 114 cm³/mol. The van der Waals surface area contributed by atoms with Gasteiger partial charge < -0.3 is 14.5 Å². The molecule has 0 saturated carbocycles. The van der Waals surface area contributed by atoms with Gasteiger partial charge in [0.15, 0.2) is 0 Å². The molecule has 2 aliphatic rings. The number of likely N-dealkylation sites (N-methyl/N-ethyl adjacent to an activating group) is 1. The monoisotopic (exact) mass is 396 g/mol. The van der Waals surface area contributed by atoms with Crippen molar-refractivity contribution >= 4 is 11.4 Å². The number of hydrogen-bond acceptors (Lipinski definition) is 6. The predicted octanol–water partition coefficient (Wildman–Crippen LogP) is 2.85. The van der Waals surface area contributed by atoms with Gasteiger partial charge in [-0.1, -0.05) is 24.3 Å².